The lowest BCUT2D eigenvalue weighted by atomic mass is 10.2. The van der Waals surface area contributed by atoms with E-state index < -0.39 is 0 Å². The molecule has 1 aromatic heterocycles. The van der Waals surface area contributed by atoms with E-state index in [1.54, 1.807) is 7.11 Å². The van der Waals surface area contributed by atoms with Crippen molar-refractivity contribution < 1.29 is 4.74 Å². The lowest BCUT2D eigenvalue weighted by Gasteiger charge is -2.04. The normalized spacial score (nSPS) is 9.75. The summed E-state index contributed by atoms with van der Waals surface area (Å²) in [6.07, 6.45) is 10.1. The van der Waals surface area contributed by atoms with Crippen LogP contribution in [0.5, 0.6) is 5.88 Å². The lowest BCUT2D eigenvalue weighted by Crippen LogP contribution is -2.14. The van der Waals surface area contributed by atoms with Gasteiger partial charge in [-0.25, -0.2) is 4.98 Å². The van der Waals surface area contributed by atoms with Crippen molar-refractivity contribution in [2.45, 2.75) is 25.8 Å². The first kappa shape index (κ1) is 12.5. The first-order chi connectivity index (χ1) is 7.86. The molecule has 86 valence electrons. The fourth-order valence-corrected chi connectivity index (χ4v) is 1.35. The van der Waals surface area contributed by atoms with Gasteiger partial charge in [0.1, 0.15) is 0 Å². The van der Waals surface area contributed by atoms with E-state index in [0.29, 0.717) is 5.88 Å². The molecule has 0 saturated carbocycles. The highest BCUT2D eigenvalue weighted by atomic mass is 16.5. The summed E-state index contributed by atoms with van der Waals surface area (Å²) in [5.74, 6) is 3.29. The van der Waals surface area contributed by atoms with Crippen LogP contribution in [-0.4, -0.2) is 18.6 Å². The highest BCUT2D eigenvalue weighted by Gasteiger charge is 1.95. The molecular weight excluding hydrogens is 200 g/mol. The molecule has 16 heavy (non-hydrogen) atoms. The maximum absolute atomic E-state index is 5.17. The van der Waals surface area contributed by atoms with Crippen LogP contribution in [0, 0.1) is 12.3 Å². The molecule has 0 amide bonds. The Balaban J connectivity index is 2.15. The summed E-state index contributed by atoms with van der Waals surface area (Å²) < 4.78 is 4.99. The van der Waals surface area contributed by atoms with E-state index >= 15 is 0 Å². The van der Waals surface area contributed by atoms with E-state index in [9.17, 15) is 0 Å². The summed E-state index contributed by atoms with van der Waals surface area (Å²) in [5.41, 5.74) is 1.16. The van der Waals surface area contributed by atoms with Gasteiger partial charge in [0.05, 0.1) is 7.11 Å². The third-order valence-corrected chi connectivity index (χ3v) is 2.26. The van der Waals surface area contributed by atoms with Crippen LogP contribution in [0.1, 0.15) is 24.8 Å². The molecule has 0 aliphatic carbocycles. The summed E-state index contributed by atoms with van der Waals surface area (Å²) >= 11 is 0. The van der Waals surface area contributed by atoms with Crippen molar-refractivity contribution in [2.24, 2.45) is 0 Å². The van der Waals surface area contributed by atoms with Gasteiger partial charge in [-0.05, 0) is 24.9 Å². The van der Waals surface area contributed by atoms with Crippen molar-refractivity contribution in [3.05, 3.63) is 23.9 Å². The van der Waals surface area contributed by atoms with E-state index in [0.717, 1.165) is 37.9 Å². The topological polar surface area (TPSA) is 34.1 Å². The SMILES string of the molecule is C#CCCCCNCc1ccc(OC)nc1. The quantitative estimate of drug-likeness (QED) is 0.561. The zero-order valence-electron chi connectivity index (χ0n) is 9.70. The number of rotatable bonds is 7. The van der Waals surface area contributed by atoms with E-state index in [2.05, 4.69) is 16.2 Å². The monoisotopic (exact) mass is 218 g/mol. The second kappa shape index (κ2) is 7.72. The summed E-state index contributed by atoms with van der Waals surface area (Å²) in [4.78, 5) is 4.14. The van der Waals surface area contributed by atoms with Crippen LogP contribution in [0.4, 0.5) is 0 Å². The number of aromatic nitrogens is 1. The summed E-state index contributed by atoms with van der Waals surface area (Å²) in [6, 6.07) is 3.88. The van der Waals surface area contributed by atoms with Gasteiger partial charge < -0.3 is 10.1 Å². The van der Waals surface area contributed by atoms with Gasteiger partial charge in [0.15, 0.2) is 0 Å². The molecule has 0 radical (unpaired) electrons. The number of pyridine rings is 1. The number of nitrogens with zero attached hydrogens (tertiary/aromatic N) is 1. The molecule has 0 unspecified atom stereocenters. The smallest absolute Gasteiger partial charge is 0.212 e. The van der Waals surface area contributed by atoms with E-state index in [1.807, 2.05) is 18.3 Å². The van der Waals surface area contributed by atoms with Crippen molar-refractivity contribution in [3.63, 3.8) is 0 Å². The van der Waals surface area contributed by atoms with Crippen LogP contribution in [0.2, 0.25) is 0 Å². The average Bonchev–Trinajstić information content (AvgIpc) is 2.34. The minimum Gasteiger partial charge on any atom is -0.481 e. The first-order valence-corrected chi connectivity index (χ1v) is 5.50. The average molecular weight is 218 g/mol. The fraction of sp³-hybridized carbons (Fsp3) is 0.462. The number of ether oxygens (including phenoxy) is 1. The standard InChI is InChI=1S/C13H18N2O/c1-3-4-5-6-9-14-10-12-7-8-13(16-2)15-11-12/h1,7-8,11,14H,4-6,9-10H2,2H3. The third-order valence-electron chi connectivity index (χ3n) is 2.26. The van der Waals surface area contributed by atoms with Gasteiger partial charge in [-0.15, -0.1) is 12.3 Å². The van der Waals surface area contributed by atoms with Gasteiger partial charge >= 0.3 is 0 Å². The van der Waals surface area contributed by atoms with Crippen molar-refractivity contribution in [1.82, 2.24) is 10.3 Å². The second-order valence-corrected chi connectivity index (χ2v) is 3.55. The highest BCUT2D eigenvalue weighted by Crippen LogP contribution is 2.06. The highest BCUT2D eigenvalue weighted by molar-refractivity contribution is 5.17. The number of methoxy groups -OCH3 is 1. The Labute approximate surface area is 97.2 Å². The maximum atomic E-state index is 5.17. The van der Waals surface area contributed by atoms with Gasteiger partial charge in [-0.2, -0.15) is 0 Å². The molecule has 1 aromatic rings. The third kappa shape index (κ3) is 4.81. The van der Waals surface area contributed by atoms with E-state index in [1.165, 1.54) is 0 Å². The first-order valence-electron chi connectivity index (χ1n) is 5.50. The molecule has 0 saturated heterocycles. The Morgan fingerprint density at radius 2 is 2.31 bits per heavy atom. The maximum Gasteiger partial charge on any atom is 0.212 e. The zero-order valence-corrected chi connectivity index (χ0v) is 9.70. The Morgan fingerprint density at radius 3 is 2.94 bits per heavy atom. The van der Waals surface area contributed by atoms with Crippen molar-refractivity contribution in [3.8, 4) is 18.2 Å². The van der Waals surface area contributed by atoms with Crippen molar-refractivity contribution in [1.29, 1.82) is 0 Å². The Kier molecular flexibility index (Phi) is 6.05. The molecule has 0 spiro atoms. The van der Waals surface area contributed by atoms with Gasteiger partial charge in [0, 0.05) is 25.2 Å². The molecule has 3 heteroatoms. The van der Waals surface area contributed by atoms with Crippen molar-refractivity contribution >= 4 is 0 Å². The Hall–Kier alpha value is -1.53. The van der Waals surface area contributed by atoms with E-state index in [-0.39, 0.29) is 0 Å². The van der Waals surface area contributed by atoms with Crippen molar-refractivity contribution in [2.75, 3.05) is 13.7 Å². The summed E-state index contributed by atoms with van der Waals surface area (Å²) in [6.45, 7) is 1.83. The second-order valence-electron chi connectivity index (χ2n) is 3.55. The number of unbranched alkanes of at least 4 members (excludes halogenated alkanes) is 2. The largest absolute Gasteiger partial charge is 0.481 e. The van der Waals surface area contributed by atoms with Crippen LogP contribution >= 0.6 is 0 Å². The Morgan fingerprint density at radius 1 is 1.44 bits per heavy atom. The summed E-state index contributed by atoms with van der Waals surface area (Å²) in [5, 5.41) is 3.35. The van der Waals surface area contributed by atoms with Crippen LogP contribution < -0.4 is 10.1 Å². The summed E-state index contributed by atoms with van der Waals surface area (Å²) in [7, 11) is 1.62. The predicted octanol–water partition coefficient (Wildman–Crippen LogP) is 1.98. The molecule has 1 N–H and O–H groups in total. The lowest BCUT2D eigenvalue weighted by molar-refractivity contribution is 0.397. The molecule has 0 aliphatic heterocycles. The van der Waals surface area contributed by atoms with Crippen LogP contribution in [0.25, 0.3) is 0 Å². The molecule has 1 rings (SSSR count). The fourth-order valence-electron chi connectivity index (χ4n) is 1.35. The number of terminal acetylenes is 1. The minimum absolute atomic E-state index is 0.651. The zero-order chi connectivity index (χ0) is 11.6. The number of hydrogen-bond acceptors (Lipinski definition) is 3. The van der Waals surface area contributed by atoms with Gasteiger partial charge in [-0.3, -0.25) is 0 Å². The molecular formula is C13H18N2O. The molecule has 1 heterocycles. The van der Waals surface area contributed by atoms with Crippen LogP contribution in [0.3, 0.4) is 0 Å². The number of hydrogen-bond donors (Lipinski definition) is 1. The molecule has 3 nitrogen and oxygen atoms in total. The molecule has 0 aliphatic rings. The molecule has 0 aromatic carbocycles. The molecule has 0 bridgehead atoms. The van der Waals surface area contributed by atoms with Crippen LogP contribution in [-0.2, 0) is 6.54 Å². The van der Waals surface area contributed by atoms with Gasteiger partial charge in [0.25, 0.3) is 0 Å². The van der Waals surface area contributed by atoms with Gasteiger partial charge in [-0.1, -0.05) is 6.07 Å². The number of nitrogens with one attached hydrogen (secondary N) is 1. The molecule has 0 atom stereocenters. The Bertz CT molecular complexity index is 327. The minimum atomic E-state index is 0.651. The van der Waals surface area contributed by atoms with Crippen LogP contribution in [0.15, 0.2) is 18.3 Å². The van der Waals surface area contributed by atoms with Gasteiger partial charge in [0.2, 0.25) is 5.88 Å². The molecule has 0 fully saturated rings. The predicted molar refractivity (Wildman–Crippen MR) is 65.2 cm³/mol. The van der Waals surface area contributed by atoms with E-state index in [4.69, 9.17) is 11.2 Å².